The number of aliphatic hydroxyl groups excluding tert-OH is 1. The molecule has 0 saturated heterocycles. The molecule has 0 heterocycles. The van der Waals surface area contributed by atoms with Gasteiger partial charge in [0.25, 0.3) is 20.2 Å². The smallest absolute Gasteiger partial charge is 0.295 e. The molecule has 3 aromatic rings. The van der Waals surface area contributed by atoms with Crippen LogP contribution in [0.2, 0.25) is 0 Å². The molecule has 0 radical (unpaired) electrons. The van der Waals surface area contributed by atoms with Gasteiger partial charge in [0.2, 0.25) is 0 Å². The van der Waals surface area contributed by atoms with Gasteiger partial charge >= 0.3 is 0 Å². The van der Waals surface area contributed by atoms with Crippen molar-refractivity contribution in [1.29, 1.82) is 0 Å². The van der Waals surface area contributed by atoms with Crippen LogP contribution in [0.1, 0.15) is 31.9 Å². The highest BCUT2D eigenvalue weighted by Gasteiger charge is 2.23. The zero-order valence-electron chi connectivity index (χ0n) is 21.4. The van der Waals surface area contributed by atoms with Crippen LogP contribution in [0.5, 0.6) is 0 Å². The van der Waals surface area contributed by atoms with Gasteiger partial charge in [0, 0.05) is 30.9 Å². The van der Waals surface area contributed by atoms with Crippen molar-refractivity contribution in [3.63, 3.8) is 0 Å². The van der Waals surface area contributed by atoms with E-state index in [-0.39, 0.29) is 5.56 Å². The van der Waals surface area contributed by atoms with Gasteiger partial charge in [0.1, 0.15) is 11.1 Å². The quantitative estimate of drug-likeness (QED) is 0.216. The zero-order valence-corrected chi connectivity index (χ0v) is 23.0. The first-order chi connectivity index (χ1) is 17.8. The zero-order chi connectivity index (χ0) is 28.1. The van der Waals surface area contributed by atoms with E-state index in [2.05, 4.69) is 10.2 Å². The minimum atomic E-state index is -4.88. The van der Waals surface area contributed by atoms with Crippen LogP contribution in [0.15, 0.2) is 76.5 Å². The number of hydrogen-bond donors (Lipinski definition) is 4. The monoisotopic (exact) mass is 560 g/mol. The number of rotatable bonds is 10. The largest absolute Gasteiger partial charge is 0.379 e. The lowest BCUT2D eigenvalue weighted by molar-refractivity contribution is 0.163. The standard InChI is InChI=1S/C27H32N2O7S2/c1-4-29(5-2)23-12-10-22(11-13-23)27(21-8-6-20(7-9-21)16-17-28-19(3)30)25-15-14-24(37(31,32)33)18-26(25)38(34,35)36/h6-16,18-19,28,30H,4-5,17H2,1-3H3,(H,31,32,33)(H,34,35,36). The van der Waals surface area contributed by atoms with Crippen molar-refractivity contribution in [2.24, 2.45) is 0 Å². The molecule has 11 heteroatoms. The second kappa shape index (κ2) is 12.2. The van der Waals surface area contributed by atoms with Gasteiger partial charge in [0.15, 0.2) is 0 Å². The van der Waals surface area contributed by atoms with Gasteiger partial charge in [-0.25, -0.2) is 0 Å². The Kier molecular flexibility index (Phi) is 9.47. The summed E-state index contributed by atoms with van der Waals surface area (Å²) in [6.45, 7) is 7.74. The highest BCUT2D eigenvalue weighted by molar-refractivity contribution is 7.86. The summed E-state index contributed by atoms with van der Waals surface area (Å²) in [4.78, 5) is 0.854. The lowest BCUT2D eigenvalue weighted by Crippen LogP contribution is -2.26. The van der Waals surface area contributed by atoms with E-state index in [4.69, 9.17) is 0 Å². The summed E-state index contributed by atoms with van der Waals surface area (Å²) >= 11 is 0. The Hall–Kier alpha value is -3.06. The van der Waals surface area contributed by atoms with Crippen LogP contribution in [-0.2, 0) is 20.2 Å². The summed E-state index contributed by atoms with van der Waals surface area (Å²) in [5.74, 6) is 0. The van der Waals surface area contributed by atoms with Gasteiger partial charge in [-0.15, -0.1) is 0 Å². The van der Waals surface area contributed by atoms with E-state index < -0.39 is 36.3 Å². The Morgan fingerprint density at radius 3 is 2.00 bits per heavy atom. The number of nitrogens with zero attached hydrogens (tertiary/aromatic N) is 1. The van der Waals surface area contributed by atoms with E-state index >= 15 is 0 Å². The fourth-order valence-corrected chi connectivity index (χ4v) is 5.43. The second-order valence-electron chi connectivity index (χ2n) is 8.61. The molecule has 3 rings (SSSR count). The van der Waals surface area contributed by atoms with E-state index in [1.807, 2.05) is 56.3 Å². The molecular formula is C27H32N2O7S2. The Bertz CT molecular complexity index is 1590. The predicted molar refractivity (Wildman–Crippen MR) is 148 cm³/mol. The first kappa shape index (κ1) is 29.5. The van der Waals surface area contributed by atoms with E-state index in [1.54, 1.807) is 19.1 Å². The van der Waals surface area contributed by atoms with Gasteiger partial charge in [0.05, 0.1) is 4.90 Å². The van der Waals surface area contributed by atoms with Gasteiger partial charge in [-0.3, -0.25) is 14.4 Å². The number of hydrogen-bond acceptors (Lipinski definition) is 7. The third kappa shape index (κ3) is 7.28. The maximum atomic E-state index is 12.4. The molecule has 0 spiro atoms. The predicted octanol–water partition coefficient (Wildman–Crippen LogP) is 1.98. The average molecular weight is 561 g/mol. The van der Waals surface area contributed by atoms with Crippen LogP contribution in [0.25, 0.3) is 11.6 Å². The second-order valence-corrected chi connectivity index (χ2v) is 11.4. The molecule has 1 unspecified atom stereocenters. The number of nitrogens with one attached hydrogen (secondary N) is 1. The molecule has 3 aromatic carbocycles. The number of anilines is 1. The van der Waals surface area contributed by atoms with Gasteiger partial charge in [-0.05, 0) is 66.6 Å². The van der Waals surface area contributed by atoms with Crippen LogP contribution in [-0.4, -0.2) is 56.9 Å². The lowest BCUT2D eigenvalue weighted by atomic mass is 9.95. The Morgan fingerprint density at radius 1 is 0.895 bits per heavy atom. The summed E-state index contributed by atoms with van der Waals surface area (Å²) in [6.07, 6.45) is 1.22. The fourth-order valence-electron chi connectivity index (χ4n) is 4.12. The van der Waals surface area contributed by atoms with Crippen LogP contribution < -0.4 is 20.7 Å². The van der Waals surface area contributed by atoms with E-state index in [0.29, 0.717) is 22.9 Å². The summed E-state index contributed by atoms with van der Waals surface area (Å²) in [5.41, 5.74) is 2.13. The lowest BCUT2D eigenvalue weighted by Gasteiger charge is -2.21. The Balaban J connectivity index is 2.31. The first-order valence-corrected chi connectivity index (χ1v) is 14.9. The number of benzene rings is 3. The summed E-state index contributed by atoms with van der Waals surface area (Å²) in [5, 5.41) is 13.7. The normalized spacial score (nSPS) is 12.7. The van der Waals surface area contributed by atoms with Crippen molar-refractivity contribution in [2.75, 3.05) is 24.5 Å². The van der Waals surface area contributed by atoms with Gasteiger partial charge in [-0.1, -0.05) is 48.5 Å². The van der Waals surface area contributed by atoms with Crippen molar-refractivity contribution in [2.45, 2.75) is 36.8 Å². The minimum Gasteiger partial charge on any atom is -0.379 e. The molecule has 0 aliphatic heterocycles. The molecule has 4 N–H and O–H groups in total. The third-order valence-corrected chi connectivity index (χ3v) is 7.78. The molecule has 204 valence electrons. The fraction of sp³-hybridized carbons (Fsp3) is 0.259. The maximum absolute atomic E-state index is 12.4. The molecule has 0 fully saturated rings. The van der Waals surface area contributed by atoms with E-state index in [0.717, 1.165) is 36.1 Å². The first-order valence-electron chi connectivity index (χ1n) is 12.0. The summed E-state index contributed by atoms with van der Waals surface area (Å²) in [6, 6.07) is 17.8. The van der Waals surface area contributed by atoms with Crippen LogP contribution in [0.4, 0.5) is 5.69 Å². The molecule has 0 amide bonds. The van der Waals surface area contributed by atoms with Crippen molar-refractivity contribution in [3.05, 3.63) is 88.3 Å². The molecule has 9 nitrogen and oxygen atoms in total. The Labute approximate surface area is 223 Å². The topological polar surface area (TPSA) is 144 Å². The van der Waals surface area contributed by atoms with Gasteiger partial charge in [-0.2, -0.15) is 16.8 Å². The van der Waals surface area contributed by atoms with E-state index in [1.165, 1.54) is 6.07 Å². The summed E-state index contributed by atoms with van der Waals surface area (Å²) < 4.78 is 67.6. The van der Waals surface area contributed by atoms with Crippen LogP contribution in [0.3, 0.4) is 0 Å². The van der Waals surface area contributed by atoms with Crippen molar-refractivity contribution >= 4 is 37.6 Å². The molecular weight excluding hydrogens is 528 g/mol. The highest BCUT2D eigenvalue weighted by Crippen LogP contribution is 2.30. The average Bonchev–Trinajstić information content (AvgIpc) is 2.85. The van der Waals surface area contributed by atoms with E-state index in [9.17, 15) is 31.0 Å². The highest BCUT2D eigenvalue weighted by atomic mass is 32.2. The molecule has 1 atom stereocenters. The molecule has 0 aliphatic carbocycles. The molecule has 0 aliphatic rings. The molecule has 38 heavy (non-hydrogen) atoms. The molecule has 0 aromatic heterocycles. The van der Waals surface area contributed by atoms with Gasteiger partial charge < -0.3 is 10.0 Å². The minimum absolute atomic E-state index is 0.0722. The Morgan fingerprint density at radius 2 is 1.50 bits per heavy atom. The molecule has 0 saturated carbocycles. The van der Waals surface area contributed by atoms with Crippen molar-refractivity contribution in [1.82, 2.24) is 5.32 Å². The maximum Gasteiger partial charge on any atom is 0.295 e. The van der Waals surface area contributed by atoms with Crippen molar-refractivity contribution in [3.8, 4) is 0 Å². The third-order valence-electron chi connectivity index (χ3n) is 6.03. The number of aliphatic hydroxyl groups is 1. The molecule has 0 bridgehead atoms. The van der Waals surface area contributed by atoms with Crippen LogP contribution >= 0.6 is 0 Å². The van der Waals surface area contributed by atoms with Crippen LogP contribution in [0, 0.1) is 0 Å². The summed E-state index contributed by atoms with van der Waals surface area (Å²) in [7, 11) is -9.60. The SMILES string of the molecule is CCN(CC)c1ccc(C(c2ccc(S(=O)(=O)O)cc2S(=O)(=O)O)=c2ccc(=CCNC(C)O)cc2)cc1. The van der Waals surface area contributed by atoms with Crippen molar-refractivity contribution < 1.29 is 31.0 Å².